The predicted octanol–water partition coefficient (Wildman–Crippen LogP) is 1.22. The summed E-state index contributed by atoms with van der Waals surface area (Å²) >= 11 is 0. The van der Waals surface area contributed by atoms with Gasteiger partial charge in [0.05, 0.1) is 11.2 Å². The standard InChI is InChI=1S/C11H18N4/c1-11(2)9-8(10(12)14(3)13-9)6-15(11)7-4-5-7/h7H,4-6,12H2,1-3H3. The normalized spacial score (nSPS) is 24.5. The molecule has 2 N–H and O–H groups in total. The van der Waals surface area contributed by atoms with E-state index in [1.807, 2.05) is 7.05 Å². The van der Waals surface area contributed by atoms with Crippen molar-refractivity contribution in [2.75, 3.05) is 5.73 Å². The van der Waals surface area contributed by atoms with Crippen molar-refractivity contribution in [3.05, 3.63) is 11.3 Å². The van der Waals surface area contributed by atoms with Crippen molar-refractivity contribution < 1.29 is 0 Å². The maximum absolute atomic E-state index is 6.03. The minimum Gasteiger partial charge on any atom is -0.384 e. The molecule has 15 heavy (non-hydrogen) atoms. The second-order valence-corrected chi connectivity index (χ2v) is 5.25. The number of aromatic nitrogens is 2. The molecule has 1 aliphatic heterocycles. The van der Waals surface area contributed by atoms with Gasteiger partial charge in [0.25, 0.3) is 0 Å². The number of anilines is 1. The molecule has 0 atom stereocenters. The Bertz CT molecular complexity index is 414. The summed E-state index contributed by atoms with van der Waals surface area (Å²) in [5.74, 6) is 0.834. The summed E-state index contributed by atoms with van der Waals surface area (Å²) in [6, 6.07) is 0.763. The van der Waals surface area contributed by atoms with Crippen LogP contribution >= 0.6 is 0 Å². The predicted molar refractivity (Wildman–Crippen MR) is 59.2 cm³/mol. The Morgan fingerprint density at radius 1 is 1.40 bits per heavy atom. The second-order valence-electron chi connectivity index (χ2n) is 5.25. The molecule has 1 aromatic rings. The molecule has 82 valence electrons. The minimum absolute atomic E-state index is 0.0614. The molecular formula is C11H18N4. The van der Waals surface area contributed by atoms with Gasteiger partial charge in [-0.3, -0.25) is 9.58 Å². The van der Waals surface area contributed by atoms with E-state index in [1.165, 1.54) is 24.1 Å². The molecule has 1 saturated carbocycles. The molecule has 1 aromatic heterocycles. The van der Waals surface area contributed by atoms with E-state index >= 15 is 0 Å². The van der Waals surface area contributed by atoms with Crippen LogP contribution in [0.15, 0.2) is 0 Å². The fourth-order valence-electron chi connectivity index (χ4n) is 2.70. The molecule has 0 amide bonds. The molecular weight excluding hydrogens is 188 g/mol. The van der Waals surface area contributed by atoms with Crippen LogP contribution in [0.25, 0.3) is 0 Å². The Kier molecular flexibility index (Phi) is 1.57. The van der Waals surface area contributed by atoms with E-state index in [2.05, 4.69) is 23.8 Å². The summed E-state index contributed by atoms with van der Waals surface area (Å²) in [5.41, 5.74) is 8.51. The molecule has 4 nitrogen and oxygen atoms in total. The Morgan fingerprint density at radius 3 is 2.60 bits per heavy atom. The third-order valence-corrected chi connectivity index (χ3v) is 3.81. The lowest BCUT2D eigenvalue weighted by Gasteiger charge is -2.31. The van der Waals surface area contributed by atoms with Gasteiger partial charge >= 0.3 is 0 Å². The van der Waals surface area contributed by atoms with Gasteiger partial charge in [0.15, 0.2) is 0 Å². The molecule has 0 unspecified atom stereocenters. The molecule has 1 fully saturated rings. The van der Waals surface area contributed by atoms with E-state index in [4.69, 9.17) is 5.73 Å². The first-order valence-corrected chi connectivity index (χ1v) is 5.60. The van der Waals surface area contributed by atoms with Crippen molar-refractivity contribution in [3.8, 4) is 0 Å². The molecule has 4 heteroatoms. The first kappa shape index (κ1) is 9.21. The van der Waals surface area contributed by atoms with E-state index in [0.29, 0.717) is 0 Å². The topological polar surface area (TPSA) is 47.1 Å². The molecule has 0 bridgehead atoms. The van der Waals surface area contributed by atoms with Gasteiger partial charge in [0, 0.05) is 25.2 Å². The number of nitrogens with two attached hydrogens (primary N) is 1. The van der Waals surface area contributed by atoms with Gasteiger partial charge in [-0.25, -0.2) is 0 Å². The SMILES string of the molecule is Cn1nc2c(c1N)CN(C1CC1)C2(C)C. The lowest BCUT2D eigenvalue weighted by Crippen LogP contribution is -2.37. The monoisotopic (exact) mass is 206 g/mol. The van der Waals surface area contributed by atoms with Crippen molar-refractivity contribution in [1.82, 2.24) is 14.7 Å². The van der Waals surface area contributed by atoms with Crippen molar-refractivity contribution in [3.63, 3.8) is 0 Å². The molecule has 2 heterocycles. The summed E-state index contributed by atoms with van der Waals surface area (Å²) < 4.78 is 1.80. The molecule has 0 radical (unpaired) electrons. The molecule has 0 saturated heterocycles. The fraction of sp³-hybridized carbons (Fsp3) is 0.727. The first-order chi connectivity index (χ1) is 7.01. The minimum atomic E-state index is 0.0614. The van der Waals surface area contributed by atoms with Crippen molar-refractivity contribution in [2.24, 2.45) is 7.05 Å². The van der Waals surface area contributed by atoms with Crippen LogP contribution < -0.4 is 5.73 Å². The van der Waals surface area contributed by atoms with Crippen LogP contribution in [0.4, 0.5) is 5.82 Å². The molecule has 1 aliphatic carbocycles. The fourth-order valence-corrected chi connectivity index (χ4v) is 2.70. The summed E-state index contributed by atoms with van der Waals surface area (Å²) in [5, 5.41) is 4.55. The number of aryl methyl sites for hydroxylation is 1. The largest absolute Gasteiger partial charge is 0.384 e. The van der Waals surface area contributed by atoms with Crippen LogP contribution in [0, 0.1) is 0 Å². The number of hydrogen-bond donors (Lipinski definition) is 1. The Morgan fingerprint density at radius 2 is 2.07 bits per heavy atom. The van der Waals surface area contributed by atoms with Crippen LogP contribution in [-0.2, 0) is 19.1 Å². The number of hydrogen-bond acceptors (Lipinski definition) is 3. The van der Waals surface area contributed by atoms with Crippen molar-refractivity contribution in [1.29, 1.82) is 0 Å². The lowest BCUT2D eigenvalue weighted by atomic mass is 10.0. The van der Waals surface area contributed by atoms with E-state index in [9.17, 15) is 0 Å². The van der Waals surface area contributed by atoms with Crippen LogP contribution in [0.5, 0.6) is 0 Å². The average molecular weight is 206 g/mol. The summed E-state index contributed by atoms with van der Waals surface area (Å²) in [6.45, 7) is 5.49. The van der Waals surface area contributed by atoms with E-state index < -0.39 is 0 Å². The highest BCUT2D eigenvalue weighted by molar-refractivity contribution is 5.48. The van der Waals surface area contributed by atoms with Gasteiger partial charge in [0.1, 0.15) is 5.82 Å². The highest BCUT2D eigenvalue weighted by atomic mass is 15.4. The van der Waals surface area contributed by atoms with Gasteiger partial charge in [-0.15, -0.1) is 0 Å². The molecule has 0 aromatic carbocycles. The number of nitrogens with zero attached hydrogens (tertiary/aromatic N) is 3. The van der Waals surface area contributed by atoms with Crippen molar-refractivity contribution in [2.45, 2.75) is 44.8 Å². The van der Waals surface area contributed by atoms with Crippen LogP contribution in [-0.4, -0.2) is 20.7 Å². The quantitative estimate of drug-likeness (QED) is 0.751. The van der Waals surface area contributed by atoms with Gasteiger partial charge in [0.2, 0.25) is 0 Å². The van der Waals surface area contributed by atoms with E-state index in [0.717, 1.165) is 18.4 Å². The van der Waals surface area contributed by atoms with Crippen molar-refractivity contribution >= 4 is 5.82 Å². The van der Waals surface area contributed by atoms with Crippen LogP contribution in [0.3, 0.4) is 0 Å². The zero-order valence-corrected chi connectivity index (χ0v) is 9.62. The van der Waals surface area contributed by atoms with Gasteiger partial charge in [-0.05, 0) is 26.7 Å². The summed E-state index contributed by atoms with van der Waals surface area (Å²) in [4.78, 5) is 2.54. The first-order valence-electron chi connectivity index (χ1n) is 5.60. The van der Waals surface area contributed by atoms with Gasteiger partial charge in [-0.1, -0.05) is 0 Å². The van der Waals surface area contributed by atoms with Crippen LogP contribution in [0.1, 0.15) is 37.9 Å². The maximum Gasteiger partial charge on any atom is 0.126 e. The third kappa shape index (κ3) is 1.08. The van der Waals surface area contributed by atoms with Crippen LogP contribution in [0.2, 0.25) is 0 Å². The lowest BCUT2D eigenvalue weighted by molar-refractivity contribution is 0.122. The smallest absolute Gasteiger partial charge is 0.126 e. The van der Waals surface area contributed by atoms with E-state index in [-0.39, 0.29) is 5.54 Å². The Labute approximate surface area is 90.0 Å². The number of fused-ring (bicyclic) bond motifs is 1. The molecule has 3 rings (SSSR count). The molecule has 2 aliphatic rings. The van der Waals surface area contributed by atoms with Gasteiger partial charge < -0.3 is 5.73 Å². The number of nitrogen functional groups attached to an aromatic ring is 1. The average Bonchev–Trinajstić information content (AvgIpc) is 2.90. The zero-order chi connectivity index (χ0) is 10.8. The van der Waals surface area contributed by atoms with Gasteiger partial charge in [-0.2, -0.15) is 5.10 Å². The summed E-state index contributed by atoms with van der Waals surface area (Å²) in [7, 11) is 1.92. The summed E-state index contributed by atoms with van der Waals surface area (Å²) in [6.07, 6.45) is 2.67. The highest BCUT2D eigenvalue weighted by Crippen LogP contribution is 2.46. The second kappa shape index (κ2) is 2.55. The Hall–Kier alpha value is -1.03. The Balaban J connectivity index is 2.07. The number of rotatable bonds is 1. The zero-order valence-electron chi connectivity index (χ0n) is 9.62. The maximum atomic E-state index is 6.03. The highest BCUT2D eigenvalue weighted by Gasteiger charge is 2.47. The third-order valence-electron chi connectivity index (χ3n) is 3.81. The molecule has 0 spiro atoms. The van der Waals surface area contributed by atoms with E-state index in [1.54, 1.807) is 4.68 Å².